The van der Waals surface area contributed by atoms with Gasteiger partial charge in [-0.15, -0.1) is 0 Å². The highest BCUT2D eigenvalue weighted by Crippen LogP contribution is 2.31. The van der Waals surface area contributed by atoms with E-state index >= 15 is 0 Å². The number of para-hydroxylation sites is 2. The largest absolute Gasteiger partial charge is 0.493 e. The Morgan fingerprint density at radius 1 is 1.13 bits per heavy atom. The van der Waals surface area contributed by atoms with Gasteiger partial charge in [-0.05, 0) is 23.6 Å². The standard InChI is InChI=1S/C19H18N2O2/c22-19-14(11-13-5-1-3-7-16(13)21-19)12-20-17-9-10-23-18-8-4-2-6-15(17)18/h1-8,11,17,20H,9-10,12H2,(H,21,22). The zero-order valence-electron chi connectivity index (χ0n) is 12.7. The van der Waals surface area contributed by atoms with Crippen molar-refractivity contribution in [2.75, 3.05) is 6.61 Å². The van der Waals surface area contributed by atoms with Crippen molar-refractivity contribution in [1.29, 1.82) is 0 Å². The molecule has 1 aliphatic heterocycles. The highest BCUT2D eigenvalue weighted by atomic mass is 16.5. The van der Waals surface area contributed by atoms with Crippen LogP contribution in [0.4, 0.5) is 0 Å². The summed E-state index contributed by atoms with van der Waals surface area (Å²) >= 11 is 0. The van der Waals surface area contributed by atoms with Crippen LogP contribution in [0.15, 0.2) is 59.4 Å². The Kier molecular flexibility index (Phi) is 3.60. The molecule has 23 heavy (non-hydrogen) atoms. The molecule has 4 nitrogen and oxygen atoms in total. The smallest absolute Gasteiger partial charge is 0.252 e. The first-order chi connectivity index (χ1) is 11.3. The molecule has 2 aromatic carbocycles. The van der Waals surface area contributed by atoms with E-state index in [-0.39, 0.29) is 11.6 Å². The molecule has 0 fully saturated rings. The molecule has 1 aromatic heterocycles. The van der Waals surface area contributed by atoms with Crippen molar-refractivity contribution < 1.29 is 4.74 Å². The van der Waals surface area contributed by atoms with Crippen LogP contribution in [0.25, 0.3) is 10.9 Å². The number of ether oxygens (including phenoxy) is 1. The second-order valence-corrected chi connectivity index (χ2v) is 5.82. The fraction of sp³-hybridized carbons (Fsp3) is 0.211. The number of H-pyrrole nitrogens is 1. The van der Waals surface area contributed by atoms with E-state index in [9.17, 15) is 4.79 Å². The number of nitrogens with one attached hydrogen (secondary N) is 2. The van der Waals surface area contributed by atoms with Gasteiger partial charge in [0, 0.05) is 35.7 Å². The second-order valence-electron chi connectivity index (χ2n) is 5.82. The third-order valence-electron chi connectivity index (χ3n) is 4.33. The van der Waals surface area contributed by atoms with E-state index in [2.05, 4.69) is 16.4 Å². The van der Waals surface area contributed by atoms with Gasteiger partial charge in [0.15, 0.2) is 0 Å². The third kappa shape index (κ3) is 2.73. The van der Waals surface area contributed by atoms with Gasteiger partial charge in [0.1, 0.15) is 5.75 Å². The SMILES string of the molecule is O=c1[nH]c2ccccc2cc1CNC1CCOc2ccccc21. The summed E-state index contributed by atoms with van der Waals surface area (Å²) in [6, 6.07) is 18.1. The predicted molar refractivity (Wildman–Crippen MR) is 90.7 cm³/mol. The van der Waals surface area contributed by atoms with E-state index in [4.69, 9.17) is 4.74 Å². The Morgan fingerprint density at radius 3 is 2.91 bits per heavy atom. The Bertz CT molecular complexity index is 901. The van der Waals surface area contributed by atoms with E-state index in [1.807, 2.05) is 48.5 Å². The second kappa shape index (κ2) is 5.89. The van der Waals surface area contributed by atoms with E-state index in [0.29, 0.717) is 13.2 Å². The van der Waals surface area contributed by atoms with Gasteiger partial charge in [0.2, 0.25) is 0 Å². The highest BCUT2D eigenvalue weighted by molar-refractivity contribution is 5.78. The molecule has 1 aliphatic rings. The van der Waals surface area contributed by atoms with Gasteiger partial charge in [-0.2, -0.15) is 0 Å². The van der Waals surface area contributed by atoms with Gasteiger partial charge in [0.25, 0.3) is 5.56 Å². The lowest BCUT2D eigenvalue weighted by molar-refractivity contribution is 0.252. The van der Waals surface area contributed by atoms with Gasteiger partial charge in [-0.1, -0.05) is 36.4 Å². The molecule has 0 bridgehead atoms. The number of pyridine rings is 1. The summed E-state index contributed by atoms with van der Waals surface area (Å²) in [5.74, 6) is 0.934. The van der Waals surface area contributed by atoms with Gasteiger partial charge in [-0.25, -0.2) is 0 Å². The van der Waals surface area contributed by atoms with Crippen LogP contribution >= 0.6 is 0 Å². The Morgan fingerprint density at radius 2 is 1.96 bits per heavy atom. The molecule has 0 spiro atoms. The number of hydrogen-bond acceptors (Lipinski definition) is 3. The lowest BCUT2D eigenvalue weighted by Gasteiger charge is -2.26. The maximum atomic E-state index is 12.2. The minimum absolute atomic E-state index is 0.0310. The Hall–Kier alpha value is -2.59. The molecule has 0 aliphatic carbocycles. The molecule has 116 valence electrons. The van der Waals surface area contributed by atoms with Crippen LogP contribution in [0.2, 0.25) is 0 Å². The van der Waals surface area contributed by atoms with Crippen LogP contribution in [0, 0.1) is 0 Å². The van der Waals surface area contributed by atoms with E-state index in [1.165, 1.54) is 0 Å². The highest BCUT2D eigenvalue weighted by Gasteiger charge is 2.20. The van der Waals surface area contributed by atoms with Gasteiger partial charge < -0.3 is 15.0 Å². The molecule has 0 saturated heterocycles. The molecular weight excluding hydrogens is 288 g/mol. The summed E-state index contributed by atoms with van der Waals surface area (Å²) in [4.78, 5) is 15.2. The van der Waals surface area contributed by atoms with Gasteiger partial charge in [0.05, 0.1) is 6.61 Å². The number of aromatic amines is 1. The van der Waals surface area contributed by atoms with Crippen LogP contribution in [0.3, 0.4) is 0 Å². The molecule has 0 radical (unpaired) electrons. The predicted octanol–water partition coefficient (Wildman–Crippen LogP) is 3.14. The van der Waals surface area contributed by atoms with Crippen molar-refractivity contribution in [2.45, 2.75) is 19.0 Å². The topological polar surface area (TPSA) is 54.1 Å². The lowest BCUT2D eigenvalue weighted by atomic mass is 10.0. The summed E-state index contributed by atoms with van der Waals surface area (Å²) in [5.41, 5.74) is 2.76. The van der Waals surface area contributed by atoms with Crippen molar-refractivity contribution in [2.24, 2.45) is 0 Å². The zero-order chi connectivity index (χ0) is 15.6. The van der Waals surface area contributed by atoms with Crippen LogP contribution < -0.4 is 15.6 Å². The van der Waals surface area contributed by atoms with Crippen LogP contribution in [-0.4, -0.2) is 11.6 Å². The number of fused-ring (bicyclic) bond motifs is 2. The van der Waals surface area contributed by atoms with Crippen molar-refractivity contribution in [3.05, 3.63) is 76.1 Å². The van der Waals surface area contributed by atoms with Crippen molar-refractivity contribution >= 4 is 10.9 Å². The first kappa shape index (κ1) is 14.0. The average Bonchev–Trinajstić information content (AvgIpc) is 2.60. The van der Waals surface area contributed by atoms with Gasteiger partial charge in [-0.3, -0.25) is 4.79 Å². The maximum Gasteiger partial charge on any atom is 0.252 e. The van der Waals surface area contributed by atoms with Crippen molar-refractivity contribution in [3.8, 4) is 5.75 Å². The first-order valence-corrected chi connectivity index (χ1v) is 7.87. The van der Waals surface area contributed by atoms with Crippen molar-refractivity contribution in [1.82, 2.24) is 10.3 Å². The molecule has 1 unspecified atom stereocenters. The number of hydrogen-bond donors (Lipinski definition) is 2. The average molecular weight is 306 g/mol. The minimum atomic E-state index is -0.0310. The van der Waals surface area contributed by atoms with E-state index in [1.54, 1.807) is 0 Å². The molecular formula is C19H18N2O2. The summed E-state index contributed by atoms with van der Waals surface area (Å²) < 4.78 is 5.68. The Labute approximate surface area is 134 Å². The van der Waals surface area contributed by atoms with Crippen LogP contribution in [0.1, 0.15) is 23.6 Å². The number of benzene rings is 2. The summed E-state index contributed by atoms with van der Waals surface area (Å²) in [6.07, 6.45) is 0.905. The number of aromatic nitrogens is 1. The fourth-order valence-corrected chi connectivity index (χ4v) is 3.11. The Balaban J connectivity index is 1.58. The third-order valence-corrected chi connectivity index (χ3v) is 4.33. The van der Waals surface area contributed by atoms with E-state index < -0.39 is 0 Å². The minimum Gasteiger partial charge on any atom is -0.493 e. The monoisotopic (exact) mass is 306 g/mol. The molecule has 1 atom stereocenters. The quantitative estimate of drug-likeness (QED) is 0.781. The molecule has 2 heterocycles. The van der Waals surface area contributed by atoms with Crippen molar-refractivity contribution in [3.63, 3.8) is 0 Å². The van der Waals surface area contributed by atoms with Crippen LogP contribution in [-0.2, 0) is 6.54 Å². The van der Waals surface area contributed by atoms with Crippen LogP contribution in [0.5, 0.6) is 5.75 Å². The fourth-order valence-electron chi connectivity index (χ4n) is 3.11. The van der Waals surface area contributed by atoms with Gasteiger partial charge >= 0.3 is 0 Å². The lowest BCUT2D eigenvalue weighted by Crippen LogP contribution is -2.29. The summed E-state index contributed by atoms with van der Waals surface area (Å²) in [7, 11) is 0. The molecule has 4 rings (SSSR count). The summed E-state index contributed by atoms with van der Waals surface area (Å²) in [6.45, 7) is 1.24. The molecule has 0 amide bonds. The zero-order valence-corrected chi connectivity index (χ0v) is 12.7. The molecule has 3 aromatic rings. The number of rotatable bonds is 3. The molecule has 2 N–H and O–H groups in total. The maximum absolute atomic E-state index is 12.2. The summed E-state index contributed by atoms with van der Waals surface area (Å²) in [5, 5.41) is 4.55. The first-order valence-electron chi connectivity index (χ1n) is 7.87. The normalized spacial score (nSPS) is 16.8. The molecule has 0 saturated carbocycles. The van der Waals surface area contributed by atoms with E-state index in [0.717, 1.165) is 34.2 Å². The molecule has 4 heteroatoms.